The molecular formula is C12H22N2O3. The number of nitrogens with one attached hydrogen (secondary N) is 2. The van der Waals surface area contributed by atoms with E-state index < -0.39 is 5.54 Å². The first-order chi connectivity index (χ1) is 7.96. The van der Waals surface area contributed by atoms with Crippen molar-refractivity contribution < 1.29 is 14.3 Å². The standard InChI is InChI=1S/C12H22N2O3/c1-5-17-10(15)12(14-11(16)13-4)7-9(12)6-8(2)3/h8-9H,5-7H2,1-4H3,(H2,13,14,16). The van der Waals surface area contributed by atoms with Gasteiger partial charge in [0.25, 0.3) is 0 Å². The van der Waals surface area contributed by atoms with Gasteiger partial charge in [-0.3, -0.25) is 0 Å². The molecule has 5 heteroatoms. The smallest absolute Gasteiger partial charge is 0.332 e. The minimum Gasteiger partial charge on any atom is -0.464 e. The number of hydrogen-bond acceptors (Lipinski definition) is 3. The lowest BCUT2D eigenvalue weighted by Crippen LogP contribution is -2.49. The molecule has 1 fully saturated rings. The Balaban J connectivity index is 2.68. The van der Waals surface area contributed by atoms with Gasteiger partial charge in [0.15, 0.2) is 0 Å². The van der Waals surface area contributed by atoms with Crippen molar-refractivity contribution in [1.82, 2.24) is 10.6 Å². The summed E-state index contributed by atoms with van der Waals surface area (Å²) in [6.45, 7) is 6.32. The highest BCUT2D eigenvalue weighted by Gasteiger charge is 2.62. The van der Waals surface area contributed by atoms with Crippen LogP contribution in [0.2, 0.25) is 0 Å². The molecule has 0 aromatic rings. The summed E-state index contributed by atoms with van der Waals surface area (Å²) in [6.07, 6.45) is 1.60. The summed E-state index contributed by atoms with van der Waals surface area (Å²) in [4.78, 5) is 23.3. The fourth-order valence-corrected chi connectivity index (χ4v) is 2.16. The van der Waals surface area contributed by atoms with Gasteiger partial charge in [-0.1, -0.05) is 13.8 Å². The molecule has 1 aliphatic rings. The minimum atomic E-state index is -0.791. The van der Waals surface area contributed by atoms with Crippen LogP contribution in [0.4, 0.5) is 4.79 Å². The van der Waals surface area contributed by atoms with E-state index in [1.54, 1.807) is 6.92 Å². The molecular weight excluding hydrogens is 220 g/mol. The Morgan fingerprint density at radius 2 is 2.12 bits per heavy atom. The average Bonchev–Trinajstić information content (AvgIpc) is 2.91. The van der Waals surface area contributed by atoms with Crippen molar-refractivity contribution >= 4 is 12.0 Å². The van der Waals surface area contributed by atoms with E-state index in [1.807, 2.05) is 0 Å². The maximum atomic E-state index is 11.9. The molecule has 2 atom stereocenters. The van der Waals surface area contributed by atoms with Crippen LogP contribution in [-0.2, 0) is 9.53 Å². The Labute approximate surface area is 102 Å². The first kappa shape index (κ1) is 13.8. The molecule has 0 heterocycles. The third kappa shape index (κ3) is 3.11. The van der Waals surface area contributed by atoms with Crippen LogP contribution in [-0.4, -0.2) is 31.2 Å². The quantitative estimate of drug-likeness (QED) is 0.714. The number of urea groups is 1. The molecule has 5 nitrogen and oxygen atoms in total. The van der Waals surface area contributed by atoms with E-state index in [0.717, 1.165) is 6.42 Å². The number of carbonyl (C=O) groups excluding carboxylic acids is 2. The van der Waals surface area contributed by atoms with Crippen LogP contribution in [0.5, 0.6) is 0 Å². The Kier molecular flexibility index (Phi) is 4.37. The van der Waals surface area contributed by atoms with Crippen LogP contribution in [0.25, 0.3) is 0 Å². The van der Waals surface area contributed by atoms with Crippen LogP contribution >= 0.6 is 0 Å². The molecule has 0 aromatic heterocycles. The van der Waals surface area contributed by atoms with Crippen molar-refractivity contribution in [2.24, 2.45) is 11.8 Å². The first-order valence-corrected chi connectivity index (χ1v) is 6.13. The summed E-state index contributed by atoms with van der Waals surface area (Å²) in [5.41, 5.74) is -0.791. The number of hydrogen-bond donors (Lipinski definition) is 2. The Bertz CT molecular complexity index is 304. The average molecular weight is 242 g/mol. The second kappa shape index (κ2) is 5.38. The normalized spacial score (nSPS) is 26.5. The van der Waals surface area contributed by atoms with Crippen molar-refractivity contribution in [1.29, 1.82) is 0 Å². The highest BCUT2D eigenvalue weighted by atomic mass is 16.5. The van der Waals surface area contributed by atoms with Crippen molar-refractivity contribution in [3.05, 3.63) is 0 Å². The van der Waals surface area contributed by atoms with E-state index in [4.69, 9.17) is 4.74 Å². The van der Waals surface area contributed by atoms with Gasteiger partial charge in [-0.05, 0) is 31.6 Å². The molecule has 0 aliphatic heterocycles. The molecule has 17 heavy (non-hydrogen) atoms. The molecule has 1 rings (SSSR count). The summed E-state index contributed by atoms with van der Waals surface area (Å²) in [5.74, 6) is 0.385. The zero-order chi connectivity index (χ0) is 13.1. The minimum absolute atomic E-state index is 0.193. The maximum absolute atomic E-state index is 11.9. The maximum Gasteiger partial charge on any atom is 0.332 e. The summed E-state index contributed by atoms with van der Waals surface area (Å²) >= 11 is 0. The number of amides is 2. The fourth-order valence-electron chi connectivity index (χ4n) is 2.16. The van der Waals surface area contributed by atoms with Gasteiger partial charge in [-0.25, -0.2) is 9.59 Å². The van der Waals surface area contributed by atoms with Gasteiger partial charge >= 0.3 is 12.0 Å². The lowest BCUT2D eigenvalue weighted by Gasteiger charge is -2.18. The highest BCUT2D eigenvalue weighted by molar-refractivity contribution is 5.90. The molecule has 0 saturated heterocycles. The van der Waals surface area contributed by atoms with E-state index >= 15 is 0 Å². The summed E-state index contributed by atoms with van der Waals surface area (Å²) in [6, 6.07) is -0.329. The predicted octanol–water partition coefficient (Wildman–Crippen LogP) is 1.28. The number of rotatable bonds is 5. The van der Waals surface area contributed by atoms with E-state index in [2.05, 4.69) is 24.5 Å². The van der Waals surface area contributed by atoms with Gasteiger partial charge in [0, 0.05) is 7.05 Å². The summed E-state index contributed by atoms with van der Waals surface area (Å²) < 4.78 is 5.04. The van der Waals surface area contributed by atoms with Gasteiger partial charge < -0.3 is 15.4 Å². The molecule has 2 amide bonds. The first-order valence-electron chi connectivity index (χ1n) is 6.13. The van der Waals surface area contributed by atoms with Gasteiger partial charge in [0.05, 0.1) is 6.61 Å². The van der Waals surface area contributed by atoms with Crippen molar-refractivity contribution in [3.63, 3.8) is 0 Å². The molecule has 2 N–H and O–H groups in total. The molecule has 0 radical (unpaired) electrons. The molecule has 2 unspecified atom stereocenters. The molecule has 1 saturated carbocycles. The zero-order valence-corrected chi connectivity index (χ0v) is 11.0. The van der Waals surface area contributed by atoms with Crippen LogP contribution < -0.4 is 10.6 Å². The molecule has 1 aliphatic carbocycles. The SMILES string of the molecule is CCOC(=O)C1(NC(=O)NC)CC1CC(C)C. The third-order valence-corrected chi connectivity index (χ3v) is 3.06. The zero-order valence-electron chi connectivity index (χ0n) is 11.0. The number of ether oxygens (including phenoxy) is 1. The summed E-state index contributed by atoms with van der Waals surface area (Å²) in [5, 5.41) is 5.21. The van der Waals surface area contributed by atoms with Crippen LogP contribution in [0.15, 0.2) is 0 Å². The van der Waals surface area contributed by atoms with E-state index in [-0.39, 0.29) is 17.9 Å². The van der Waals surface area contributed by atoms with Gasteiger partial charge in [0.1, 0.15) is 5.54 Å². The lowest BCUT2D eigenvalue weighted by molar-refractivity contribution is -0.147. The third-order valence-electron chi connectivity index (χ3n) is 3.06. The van der Waals surface area contributed by atoms with Crippen LogP contribution in [0, 0.1) is 11.8 Å². The second-order valence-corrected chi connectivity index (χ2v) is 4.93. The molecule has 0 bridgehead atoms. The number of carbonyl (C=O) groups is 2. The van der Waals surface area contributed by atoms with E-state index in [1.165, 1.54) is 7.05 Å². The van der Waals surface area contributed by atoms with Crippen LogP contribution in [0.1, 0.15) is 33.6 Å². The monoisotopic (exact) mass is 242 g/mol. The van der Waals surface area contributed by atoms with E-state index in [9.17, 15) is 9.59 Å². The molecule has 0 aromatic carbocycles. The van der Waals surface area contributed by atoms with Crippen molar-refractivity contribution in [3.8, 4) is 0 Å². The van der Waals surface area contributed by atoms with Gasteiger partial charge in [-0.15, -0.1) is 0 Å². The van der Waals surface area contributed by atoms with E-state index in [0.29, 0.717) is 18.9 Å². The Morgan fingerprint density at radius 3 is 2.59 bits per heavy atom. The van der Waals surface area contributed by atoms with Crippen molar-refractivity contribution in [2.45, 2.75) is 39.2 Å². The van der Waals surface area contributed by atoms with Gasteiger partial charge in [-0.2, -0.15) is 0 Å². The summed E-state index contributed by atoms with van der Waals surface area (Å²) in [7, 11) is 1.54. The highest BCUT2D eigenvalue weighted by Crippen LogP contribution is 2.48. The van der Waals surface area contributed by atoms with Gasteiger partial charge in [0.2, 0.25) is 0 Å². The largest absolute Gasteiger partial charge is 0.464 e. The Morgan fingerprint density at radius 1 is 1.47 bits per heavy atom. The number of esters is 1. The molecule has 0 spiro atoms. The lowest BCUT2D eigenvalue weighted by atomic mass is 10.0. The molecule has 98 valence electrons. The fraction of sp³-hybridized carbons (Fsp3) is 0.833. The second-order valence-electron chi connectivity index (χ2n) is 4.93. The topological polar surface area (TPSA) is 67.4 Å². The van der Waals surface area contributed by atoms with Crippen molar-refractivity contribution in [2.75, 3.05) is 13.7 Å². The van der Waals surface area contributed by atoms with Crippen LogP contribution in [0.3, 0.4) is 0 Å². The Hall–Kier alpha value is -1.26. The predicted molar refractivity (Wildman–Crippen MR) is 64.5 cm³/mol.